The SMILES string of the molecule is Nc1cnoc1-c1cccc(OC(F)(F)F)c1. The summed E-state index contributed by atoms with van der Waals surface area (Å²) in [5.41, 5.74) is 6.14. The quantitative estimate of drug-likeness (QED) is 0.882. The third-order valence-corrected chi connectivity index (χ3v) is 1.93. The maximum absolute atomic E-state index is 12.0. The molecule has 0 atom stereocenters. The zero-order chi connectivity index (χ0) is 12.5. The number of nitrogens with two attached hydrogens (primary N) is 1. The van der Waals surface area contributed by atoms with Crippen molar-refractivity contribution >= 4 is 5.69 Å². The normalized spacial score (nSPS) is 11.5. The van der Waals surface area contributed by atoms with Crippen LogP contribution in [0, 0.1) is 0 Å². The number of rotatable bonds is 2. The molecule has 2 N–H and O–H groups in total. The Bertz CT molecular complexity index is 522. The highest BCUT2D eigenvalue weighted by molar-refractivity contribution is 5.70. The van der Waals surface area contributed by atoms with Gasteiger partial charge in [-0.1, -0.05) is 17.3 Å². The van der Waals surface area contributed by atoms with Gasteiger partial charge in [-0.15, -0.1) is 13.2 Å². The van der Waals surface area contributed by atoms with Crippen LogP contribution < -0.4 is 10.5 Å². The van der Waals surface area contributed by atoms with Gasteiger partial charge < -0.3 is 15.0 Å². The first-order valence-electron chi connectivity index (χ1n) is 4.52. The molecule has 2 rings (SSSR count). The van der Waals surface area contributed by atoms with Crippen molar-refractivity contribution in [1.82, 2.24) is 5.16 Å². The van der Waals surface area contributed by atoms with Crippen LogP contribution in [-0.2, 0) is 0 Å². The molecule has 2 aromatic rings. The third kappa shape index (κ3) is 2.68. The van der Waals surface area contributed by atoms with E-state index in [0.29, 0.717) is 5.56 Å². The van der Waals surface area contributed by atoms with Gasteiger partial charge in [0.15, 0.2) is 5.76 Å². The van der Waals surface area contributed by atoms with Gasteiger partial charge in [-0.05, 0) is 12.1 Å². The number of anilines is 1. The number of hydrogen-bond donors (Lipinski definition) is 1. The van der Waals surface area contributed by atoms with Crippen LogP contribution in [0.4, 0.5) is 18.9 Å². The summed E-state index contributed by atoms with van der Waals surface area (Å²) in [6.45, 7) is 0. The molecule has 7 heteroatoms. The first kappa shape index (κ1) is 11.3. The molecule has 0 aliphatic carbocycles. The molecule has 90 valence electrons. The number of ether oxygens (including phenoxy) is 1. The minimum absolute atomic E-state index is 0.206. The van der Waals surface area contributed by atoms with Crippen LogP contribution in [0.25, 0.3) is 11.3 Å². The monoisotopic (exact) mass is 244 g/mol. The van der Waals surface area contributed by atoms with Gasteiger partial charge in [0, 0.05) is 5.56 Å². The summed E-state index contributed by atoms with van der Waals surface area (Å²) in [5, 5.41) is 3.44. The number of hydrogen-bond acceptors (Lipinski definition) is 4. The highest BCUT2D eigenvalue weighted by Gasteiger charge is 2.31. The fourth-order valence-electron chi connectivity index (χ4n) is 1.30. The highest BCUT2D eigenvalue weighted by atomic mass is 19.4. The topological polar surface area (TPSA) is 61.3 Å². The van der Waals surface area contributed by atoms with Crippen molar-refractivity contribution in [2.24, 2.45) is 0 Å². The van der Waals surface area contributed by atoms with Crippen LogP contribution in [0.2, 0.25) is 0 Å². The Morgan fingerprint density at radius 3 is 2.65 bits per heavy atom. The molecule has 0 fully saturated rings. The molecule has 0 saturated heterocycles. The summed E-state index contributed by atoms with van der Waals surface area (Å²) < 4.78 is 44.6. The van der Waals surface area contributed by atoms with Crippen LogP contribution in [0.3, 0.4) is 0 Å². The lowest BCUT2D eigenvalue weighted by Gasteiger charge is -2.09. The molecule has 0 radical (unpaired) electrons. The number of benzene rings is 1. The van der Waals surface area contributed by atoms with Gasteiger partial charge >= 0.3 is 6.36 Å². The highest BCUT2D eigenvalue weighted by Crippen LogP contribution is 2.30. The Hall–Kier alpha value is -2.18. The Balaban J connectivity index is 2.32. The number of alkyl halides is 3. The Morgan fingerprint density at radius 1 is 1.29 bits per heavy atom. The summed E-state index contributed by atoms with van der Waals surface area (Å²) in [5.74, 6) is -0.136. The molecule has 1 aromatic heterocycles. The molecule has 17 heavy (non-hydrogen) atoms. The average Bonchev–Trinajstić information content (AvgIpc) is 2.62. The van der Waals surface area contributed by atoms with Crippen LogP contribution in [0.5, 0.6) is 5.75 Å². The molecular weight excluding hydrogens is 237 g/mol. The fourth-order valence-corrected chi connectivity index (χ4v) is 1.30. The average molecular weight is 244 g/mol. The maximum Gasteiger partial charge on any atom is 0.573 e. The second-order valence-electron chi connectivity index (χ2n) is 3.19. The molecule has 0 aliphatic heterocycles. The molecular formula is C10H7F3N2O2. The van der Waals surface area contributed by atoms with E-state index in [2.05, 4.69) is 9.89 Å². The van der Waals surface area contributed by atoms with Gasteiger partial charge in [-0.3, -0.25) is 0 Å². The number of aromatic nitrogens is 1. The third-order valence-electron chi connectivity index (χ3n) is 1.93. The van der Waals surface area contributed by atoms with E-state index < -0.39 is 6.36 Å². The van der Waals surface area contributed by atoms with E-state index >= 15 is 0 Å². The fraction of sp³-hybridized carbons (Fsp3) is 0.100. The van der Waals surface area contributed by atoms with Gasteiger partial charge in [0.1, 0.15) is 11.4 Å². The lowest BCUT2D eigenvalue weighted by molar-refractivity contribution is -0.274. The molecule has 0 bridgehead atoms. The largest absolute Gasteiger partial charge is 0.573 e. The van der Waals surface area contributed by atoms with Crippen molar-refractivity contribution < 1.29 is 22.4 Å². The molecule has 1 heterocycles. The van der Waals surface area contributed by atoms with Crippen molar-refractivity contribution in [2.45, 2.75) is 6.36 Å². The van der Waals surface area contributed by atoms with Crippen LogP contribution in [0.15, 0.2) is 35.0 Å². The first-order valence-corrected chi connectivity index (χ1v) is 4.52. The van der Waals surface area contributed by atoms with E-state index in [1.807, 2.05) is 0 Å². The van der Waals surface area contributed by atoms with Gasteiger partial charge in [-0.25, -0.2) is 0 Å². The maximum atomic E-state index is 12.0. The lowest BCUT2D eigenvalue weighted by atomic mass is 10.1. The first-order chi connectivity index (χ1) is 7.96. The van der Waals surface area contributed by atoms with E-state index in [0.717, 1.165) is 0 Å². The smallest absolute Gasteiger partial charge is 0.406 e. The van der Waals surface area contributed by atoms with E-state index in [9.17, 15) is 13.2 Å². The van der Waals surface area contributed by atoms with Crippen molar-refractivity contribution in [3.8, 4) is 17.1 Å². The van der Waals surface area contributed by atoms with Gasteiger partial charge in [0.25, 0.3) is 0 Å². The Kier molecular flexibility index (Phi) is 2.66. The summed E-state index contributed by atoms with van der Waals surface area (Å²) in [4.78, 5) is 0. The van der Waals surface area contributed by atoms with Crippen LogP contribution in [-0.4, -0.2) is 11.5 Å². The molecule has 4 nitrogen and oxygen atoms in total. The number of nitrogens with zero attached hydrogens (tertiary/aromatic N) is 1. The summed E-state index contributed by atoms with van der Waals surface area (Å²) >= 11 is 0. The zero-order valence-electron chi connectivity index (χ0n) is 8.36. The van der Waals surface area contributed by atoms with E-state index in [1.54, 1.807) is 6.07 Å². The number of nitrogen functional groups attached to an aromatic ring is 1. The van der Waals surface area contributed by atoms with Gasteiger partial charge in [0.2, 0.25) is 0 Å². The predicted octanol–water partition coefficient (Wildman–Crippen LogP) is 2.82. The molecule has 0 unspecified atom stereocenters. The molecule has 0 amide bonds. The van der Waals surface area contributed by atoms with E-state index in [1.165, 1.54) is 24.4 Å². The predicted molar refractivity (Wildman–Crippen MR) is 53.0 cm³/mol. The Labute approximate surface area is 93.8 Å². The molecule has 0 aliphatic rings. The van der Waals surface area contributed by atoms with Crippen LogP contribution in [0.1, 0.15) is 0 Å². The standard InChI is InChI=1S/C10H7F3N2O2/c11-10(12,13)16-7-3-1-2-6(4-7)9-8(14)5-15-17-9/h1-5H,14H2. The van der Waals surface area contributed by atoms with Crippen molar-refractivity contribution in [3.63, 3.8) is 0 Å². The summed E-state index contributed by atoms with van der Waals surface area (Å²) in [6.07, 6.45) is -3.46. The van der Waals surface area contributed by atoms with E-state index in [-0.39, 0.29) is 17.2 Å². The number of halogens is 3. The van der Waals surface area contributed by atoms with Crippen LogP contribution >= 0.6 is 0 Å². The molecule has 1 aromatic carbocycles. The molecule has 0 saturated carbocycles. The van der Waals surface area contributed by atoms with Crippen molar-refractivity contribution in [2.75, 3.05) is 5.73 Å². The summed E-state index contributed by atoms with van der Waals surface area (Å²) in [6, 6.07) is 5.30. The lowest BCUT2D eigenvalue weighted by Crippen LogP contribution is -2.17. The van der Waals surface area contributed by atoms with Gasteiger partial charge in [-0.2, -0.15) is 0 Å². The second kappa shape index (κ2) is 4.00. The summed E-state index contributed by atoms with van der Waals surface area (Å²) in [7, 11) is 0. The minimum Gasteiger partial charge on any atom is -0.406 e. The Morgan fingerprint density at radius 2 is 2.06 bits per heavy atom. The van der Waals surface area contributed by atoms with Crippen molar-refractivity contribution in [3.05, 3.63) is 30.5 Å². The second-order valence-corrected chi connectivity index (χ2v) is 3.19. The minimum atomic E-state index is -4.73. The van der Waals surface area contributed by atoms with Gasteiger partial charge in [0.05, 0.1) is 6.20 Å². The van der Waals surface area contributed by atoms with E-state index in [4.69, 9.17) is 10.3 Å². The molecule has 0 spiro atoms. The van der Waals surface area contributed by atoms with Crippen molar-refractivity contribution in [1.29, 1.82) is 0 Å². The zero-order valence-corrected chi connectivity index (χ0v) is 8.36.